The van der Waals surface area contributed by atoms with E-state index in [1.165, 1.54) is 6.33 Å². The molecule has 8 heteroatoms. The highest BCUT2D eigenvalue weighted by Gasteiger charge is 2.26. The maximum absolute atomic E-state index is 12.5. The summed E-state index contributed by atoms with van der Waals surface area (Å²) < 4.78 is 25.0. The van der Waals surface area contributed by atoms with Crippen LogP contribution in [0.15, 0.2) is 29.4 Å². The van der Waals surface area contributed by atoms with Gasteiger partial charge in [-0.2, -0.15) is 4.98 Å². The minimum atomic E-state index is -3.19. The van der Waals surface area contributed by atoms with Gasteiger partial charge in [0.05, 0.1) is 16.7 Å². The van der Waals surface area contributed by atoms with Crippen molar-refractivity contribution in [3.05, 3.63) is 35.7 Å². The van der Waals surface area contributed by atoms with E-state index in [1.807, 2.05) is 18.2 Å². The first-order valence-electron chi connectivity index (χ1n) is 10.00. The number of aromatic nitrogens is 3. The van der Waals surface area contributed by atoms with Gasteiger partial charge >= 0.3 is 0 Å². The number of nitrogens with zero attached hydrogens (tertiary/aromatic N) is 4. The Morgan fingerprint density at radius 2 is 1.89 bits per heavy atom. The number of anilines is 2. The highest BCUT2D eigenvalue weighted by molar-refractivity contribution is 7.91. The summed E-state index contributed by atoms with van der Waals surface area (Å²) in [6.45, 7) is 6.15. The first-order valence-corrected chi connectivity index (χ1v) is 11.7. The smallest absolute Gasteiger partial charge is 0.230 e. The third kappa shape index (κ3) is 3.83. The van der Waals surface area contributed by atoms with Gasteiger partial charge in [-0.3, -0.25) is 0 Å². The van der Waals surface area contributed by atoms with Crippen molar-refractivity contribution in [2.75, 3.05) is 29.1 Å². The van der Waals surface area contributed by atoms with E-state index in [0.717, 1.165) is 43.5 Å². The predicted octanol–water partition coefficient (Wildman–Crippen LogP) is 3.00. The summed E-state index contributed by atoms with van der Waals surface area (Å²) in [6.07, 6.45) is 5.38. The van der Waals surface area contributed by atoms with E-state index >= 15 is 0 Å². The van der Waals surface area contributed by atoms with Crippen molar-refractivity contribution in [3.63, 3.8) is 0 Å². The number of hydrogen-bond acceptors (Lipinski definition) is 7. The quantitative estimate of drug-likeness (QED) is 0.824. The van der Waals surface area contributed by atoms with E-state index in [4.69, 9.17) is 0 Å². The van der Waals surface area contributed by atoms with E-state index in [2.05, 4.69) is 39.0 Å². The van der Waals surface area contributed by atoms with Crippen molar-refractivity contribution in [1.82, 2.24) is 15.0 Å². The van der Waals surface area contributed by atoms with Crippen molar-refractivity contribution in [3.8, 4) is 0 Å². The largest absolute Gasteiger partial charge is 0.347 e. The highest BCUT2D eigenvalue weighted by atomic mass is 32.2. The molecule has 1 atom stereocenters. The van der Waals surface area contributed by atoms with Gasteiger partial charge in [0.2, 0.25) is 11.9 Å². The topological polar surface area (TPSA) is 88.1 Å². The molecule has 1 aromatic heterocycles. The third-order valence-corrected chi connectivity index (χ3v) is 7.42. The molecule has 1 aromatic carbocycles. The molecule has 4 rings (SSSR count). The van der Waals surface area contributed by atoms with Gasteiger partial charge < -0.3 is 10.2 Å². The minimum Gasteiger partial charge on any atom is -0.347 e. The van der Waals surface area contributed by atoms with Gasteiger partial charge in [0, 0.05) is 13.1 Å². The van der Waals surface area contributed by atoms with Gasteiger partial charge in [0.1, 0.15) is 6.33 Å². The fourth-order valence-corrected chi connectivity index (χ4v) is 5.65. The standard InChI is InChI=1S/C20H27N5O2S/c1-14(2)18(16-8-7-15-6-5-11-28(26,27)17(15)12-16)23-19-21-13-22-20(24-19)25-9-3-4-10-25/h7-8,12-14,18H,3-6,9-11H2,1-2H3,(H,21,22,23,24)/t18-/m1/s1. The molecule has 28 heavy (non-hydrogen) atoms. The second kappa shape index (κ2) is 7.66. The first kappa shape index (κ1) is 19.1. The second-order valence-electron chi connectivity index (χ2n) is 7.96. The predicted molar refractivity (Wildman–Crippen MR) is 109 cm³/mol. The number of rotatable bonds is 5. The Labute approximate surface area is 166 Å². The molecule has 0 bridgehead atoms. The molecule has 2 aromatic rings. The average molecular weight is 402 g/mol. The van der Waals surface area contributed by atoms with Crippen LogP contribution in [0.3, 0.4) is 0 Å². The zero-order chi connectivity index (χ0) is 19.7. The molecule has 2 aliphatic rings. The highest BCUT2D eigenvalue weighted by Crippen LogP contribution is 2.32. The van der Waals surface area contributed by atoms with Crippen LogP contribution in [0, 0.1) is 5.92 Å². The molecule has 1 N–H and O–H groups in total. The summed E-state index contributed by atoms with van der Waals surface area (Å²) in [6, 6.07) is 5.74. The van der Waals surface area contributed by atoms with E-state index < -0.39 is 9.84 Å². The third-order valence-electron chi connectivity index (χ3n) is 5.54. The monoisotopic (exact) mass is 401 g/mol. The van der Waals surface area contributed by atoms with E-state index in [9.17, 15) is 8.42 Å². The lowest BCUT2D eigenvalue weighted by Crippen LogP contribution is -2.23. The Morgan fingerprint density at radius 1 is 1.11 bits per heavy atom. The average Bonchev–Trinajstić information content (AvgIpc) is 3.21. The maximum atomic E-state index is 12.5. The van der Waals surface area contributed by atoms with Crippen LogP contribution in [0.1, 0.15) is 50.3 Å². The summed E-state index contributed by atoms with van der Waals surface area (Å²) in [5, 5.41) is 3.41. The fourth-order valence-electron chi connectivity index (χ4n) is 4.02. The maximum Gasteiger partial charge on any atom is 0.230 e. The summed E-state index contributed by atoms with van der Waals surface area (Å²) in [7, 11) is -3.19. The molecule has 0 saturated carbocycles. The van der Waals surface area contributed by atoms with Gasteiger partial charge in [-0.1, -0.05) is 26.0 Å². The molecule has 0 radical (unpaired) electrons. The Kier molecular flexibility index (Phi) is 5.23. The number of aryl methyl sites for hydroxylation is 1. The Hall–Kier alpha value is -2.22. The first-order chi connectivity index (χ1) is 13.4. The van der Waals surface area contributed by atoms with Crippen molar-refractivity contribution in [1.29, 1.82) is 0 Å². The molecule has 3 heterocycles. The van der Waals surface area contributed by atoms with Gasteiger partial charge in [-0.25, -0.2) is 18.4 Å². The van der Waals surface area contributed by atoms with E-state index in [0.29, 0.717) is 23.2 Å². The normalized spacial score (nSPS) is 19.5. The van der Waals surface area contributed by atoms with Crippen molar-refractivity contribution in [2.45, 2.75) is 50.5 Å². The Morgan fingerprint density at radius 3 is 2.64 bits per heavy atom. The van der Waals surface area contributed by atoms with E-state index in [1.54, 1.807) is 0 Å². The molecule has 7 nitrogen and oxygen atoms in total. The molecular weight excluding hydrogens is 374 g/mol. The molecule has 0 aliphatic carbocycles. The number of hydrogen-bond donors (Lipinski definition) is 1. The molecule has 150 valence electrons. The van der Waals surface area contributed by atoms with Crippen LogP contribution < -0.4 is 10.2 Å². The number of sulfone groups is 1. The van der Waals surface area contributed by atoms with Crippen molar-refractivity contribution < 1.29 is 8.42 Å². The van der Waals surface area contributed by atoms with Gasteiger partial charge in [-0.15, -0.1) is 0 Å². The van der Waals surface area contributed by atoms with E-state index in [-0.39, 0.29) is 17.7 Å². The minimum absolute atomic E-state index is 0.0868. The van der Waals surface area contributed by atoms with Crippen LogP contribution >= 0.6 is 0 Å². The van der Waals surface area contributed by atoms with Crippen LogP contribution in [0.5, 0.6) is 0 Å². The molecule has 0 amide bonds. The van der Waals surface area contributed by atoms with Crippen molar-refractivity contribution in [2.24, 2.45) is 5.92 Å². The van der Waals surface area contributed by atoms with Gasteiger partial charge in [-0.05, 0) is 48.8 Å². The summed E-state index contributed by atoms with van der Waals surface area (Å²) in [5.74, 6) is 1.69. The van der Waals surface area contributed by atoms with Crippen LogP contribution in [0.25, 0.3) is 0 Å². The van der Waals surface area contributed by atoms with Crippen LogP contribution in [0.2, 0.25) is 0 Å². The van der Waals surface area contributed by atoms with Crippen LogP contribution in [-0.4, -0.2) is 42.2 Å². The van der Waals surface area contributed by atoms with Crippen molar-refractivity contribution >= 4 is 21.7 Å². The number of nitrogens with one attached hydrogen (secondary N) is 1. The summed E-state index contributed by atoms with van der Waals surface area (Å²) in [5.41, 5.74) is 1.87. The van der Waals surface area contributed by atoms with Crippen LogP contribution in [0.4, 0.5) is 11.9 Å². The number of fused-ring (bicyclic) bond motifs is 1. The second-order valence-corrected chi connectivity index (χ2v) is 10.0. The molecule has 1 fully saturated rings. The van der Waals surface area contributed by atoms with Gasteiger partial charge in [0.25, 0.3) is 0 Å². The lowest BCUT2D eigenvalue weighted by Gasteiger charge is -2.25. The fraction of sp³-hybridized carbons (Fsp3) is 0.550. The number of benzene rings is 1. The summed E-state index contributed by atoms with van der Waals surface area (Å²) >= 11 is 0. The summed E-state index contributed by atoms with van der Waals surface area (Å²) in [4.78, 5) is 15.8. The molecule has 0 unspecified atom stereocenters. The Bertz CT molecular complexity index is 955. The zero-order valence-electron chi connectivity index (χ0n) is 16.4. The Balaban J connectivity index is 1.63. The molecule has 1 saturated heterocycles. The zero-order valence-corrected chi connectivity index (χ0v) is 17.2. The van der Waals surface area contributed by atoms with Gasteiger partial charge in [0.15, 0.2) is 9.84 Å². The lowest BCUT2D eigenvalue weighted by atomic mass is 9.94. The SMILES string of the molecule is CC(C)[C@@H](Nc1ncnc(N2CCCC2)n1)c1ccc2c(c1)S(=O)(=O)CCC2. The molecule has 2 aliphatic heterocycles. The molecular formula is C20H27N5O2S. The van der Waals surface area contributed by atoms with Crippen LogP contribution in [-0.2, 0) is 16.3 Å². The lowest BCUT2D eigenvalue weighted by molar-refractivity contribution is 0.540. The molecule has 0 spiro atoms.